The number of rotatable bonds is 2. The van der Waals surface area contributed by atoms with Crippen LogP contribution in [0, 0.1) is 0 Å². The van der Waals surface area contributed by atoms with Gasteiger partial charge >= 0.3 is 6.18 Å². The molecule has 0 spiro atoms. The van der Waals surface area contributed by atoms with Gasteiger partial charge in [-0.2, -0.15) is 13.2 Å². The van der Waals surface area contributed by atoms with E-state index in [1.165, 1.54) is 13.8 Å². The van der Waals surface area contributed by atoms with E-state index in [1.807, 2.05) is 0 Å². The van der Waals surface area contributed by atoms with E-state index in [-0.39, 0.29) is 12.3 Å². The zero-order valence-electron chi connectivity index (χ0n) is 6.64. The Labute approximate surface area is 67.5 Å². The van der Waals surface area contributed by atoms with Gasteiger partial charge in [0.1, 0.15) is 5.78 Å². The number of ketones is 1. The predicted octanol–water partition coefficient (Wildman–Crippen LogP) is 1.32. The van der Waals surface area contributed by atoms with Crippen LogP contribution in [0.3, 0.4) is 0 Å². The SMILES string of the molecule is CC(C)=O.O=COCC(F)(F)F. The number of alkyl halides is 3. The Morgan fingerprint density at radius 2 is 1.75 bits per heavy atom. The topological polar surface area (TPSA) is 43.4 Å². The molecule has 0 aromatic carbocycles. The Bertz CT molecular complexity index is 137. The lowest BCUT2D eigenvalue weighted by molar-refractivity contribution is -0.177. The minimum atomic E-state index is -4.40. The van der Waals surface area contributed by atoms with E-state index >= 15 is 0 Å². The lowest BCUT2D eigenvalue weighted by Crippen LogP contribution is -2.15. The van der Waals surface area contributed by atoms with Gasteiger partial charge in [-0.3, -0.25) is 4.79 Å². The fourth-order valence-corrected chi connectivity index (χ4v) is 0.129. The minimum Gasteiger partial charge on any atom is -0.458 e. The summed E-state index contributed by atoms with van der Waals surface area (Å²) in [5.41, 5.74) is 0. The third kappa shape index (κ3) is 36.4. The number of Topliss-reactive ketones (excluding diaryl/α,β-unsaturated/α-hetero) is 1. The van der Waals surface area contributed by atoms with Crippen molar-refractivity contribution in [2.45, 2.75) is 20.0 Å². The summed E-state index contributed by atoms with van der Waals surface area (Å²) in [5.74, 6) is 0.167. The maximum absolute atomic E-state index is 11.0. The van der Waals surface area contributed by atoms with E-state index in [1.54, 1.807) is 0 Å². The lowest BCUT2D eigenvalue weighted by Gasteiger charge is -2.01. The van der Waals surface area contributed by atoms with Crippen LogP contribution in [-0.2, 0) is 14.3 Å². The fourth-order valence-electron chi connectivity index (χ4n) is 0.129. The van der Waals surface area contributed by atoms with Gasteiger partial charge < -0.3 is 9.53 Å². The number of carbonyl (C=O) groups excluding carboxylic acids is 2. The highest BCUT2D eigenvalue weighted by Gasteiger charge is 2.27. The molecule has 0 unspecified atom stereocenters. The molecule has 72 valence electrons. The van der Waals surface area contributed by atoms with Crippen LogP contribution in [0.4, 0.5) is 13.2 Å². The molecule has 0 radical (unpaired) electrons. The summed E-state index contributed by atoms with van der Waals surface area (Å²) in [6.45, 7) is 1.31. The van der Waals surface area contributed by atoms with Crippen LogP contribution in [0.5, 0.6) is 0 Å². The van der Waals surface area contributed by atoms with Gasteiger partial charge in [-0.05, 0) is 13.8 Å². The molecule has 12 heavy (non-hydrogen) atoms. The standard InChI is InChI=1S/C3H3F3O2.C3H6O/c4-3(5,6)1-8-2-7;1-3(2)4/h2H,1H2;1-2H3. The van der Waals surface area contributed by atoms with Crippen LogP contribution >= 0.6 is 0 Å². The van der Waals surface area contributed by atoms with E-state index in [0.717, 1.165) is 0 Å². The number of hydrogen-bond acceptors (Lipinski definition) is 3. The van der Waals surface area contributed by atoms with E-state index in [4.69, 9.17) is 4.79 Å². The molecule has 0 heterocycles. The molecule has 0 saturated heterocycles. The first kappa shape index (κ1) is 13.5. The second-order valence-corrected chi connectivity index (χ2v) is 1.93. The van der Waals surface area contributed by atoms with E-state index in [9.17, 15) is 18.0 Å². The highest BCUT2D eigenvalue weighted by Crippen LogP contribution is 2.13. The molecule has 0 saturated carbocycles. The molecular weight excluding hydrogens is 177 g/mol. The highest BCUT2D eigenvalue weighted by atomic mass is 19.4. The van der Waals surface area contributed by atoms with Crippen LogP contribution in [-0.4, -0.2) is 25.0 Å². The van der Waals surface area contributed by atoms with Gasteiger partial charge in [0, 0.05) is 0 Å². The number of halogens is 3. The first-order valence-corrected chi connectivity index (χ1v) is 2.88. The number of carbonyl (C=O) groups is 2. The molecule has 0 aromatic heterocycles. The first-order chi connectivity index (χ1) is 5.29. The van der Waals surface area contributed by atoms with Crippen molar-refractivity contribution in [1.29, 1.82) is 0 Å². The Balaban J connectivity index is 0. The monoisotopic (exact) mass is 186 g/mol. The maximum Gasteiger partial charge on any atom is 0.422 e. The van der Waals surface area contributed by atoms with Crippen molar-refractivity contribution in [3.05, 3.63) is 0 Å². The molecule has 0 N–H and O–H groups in total. The third-order valence-electron chi connectivity index (χ3n) is 0.315. The second kappa shape index (κ2) is 6.63. The zero-order valence-corrected chi connectivity index (χ0v) is 6.64. The van der Waals surface area contributed by atoms with Gasteiger partial charge in [0.2, 0.25) is 0 Å². The van der Waals surface area contributed by atoms with Gasteiger partial charge in [0.25, 0.3) is 6.47 Å². The lowest BCUT2D eigenvalue weighted by atomic mass is 10.6. The van der Waals surface area contributed by atoms with Crippen molar-refractivity contribution in [3.63, 3.8) is 0 Å². The van der Waals surface area contributed by atoms with Crippen molar-refractivity contribution >= 4 is 12.3 Å². The molecule has 0 atom stereocenters. The van der Waals surface area contributed by atoms with Crippen LogP contribution < -0.4 is 0 Å². The van der Waals surface area contributed by atoms with Crippen molar-refractivity contribution in [2.75, 3.05) is 6.61 Å². The molecule has 3 nitrogen and oxygen atoms in total. The van der Waals surface area contributed by atoms with Gasteiger partial charge in [0.15, 0.2) is 6.61 Å². The normalized spacial score (nSPS) is 9.42. The predicted molar refractivity (Wildman–Crippen MR) is 34.4 cm³/mol. The fraction of sp³-hybridized carbons (Fsp3) is 0.667. The maximum atomic E-state index is 11.0. The average molecular weight is 186 g/mol. The van der Waals surface area contributed by atoms with E-state index < -0.39 is 12.8 Å². The molecule has 0 rings (SSSR count). The smallest absolute Gasteiger partial charge is 0.422 e. The van der Waals surface area contributed by atoms with Crippen molar-refractivity contribution in [1.82, 2.24) is 0 Å². The summed E-state index contributed by atoms with van der Waals surface area (Å²) in [7, 11) is 0. The van der Waals surface area contributed by atoms with Gasteiger partial charge in [0.05, 0.1) is 0 Å². The molecule has 6 heteroatoms. The molecule has 0 aliphatic carbocycles. The summed E-state index contributed by atoms with van der Waals surface area (Å²) in [6, 6.07) is 0. The summed E-state index contributed by atoms with van der Waals surface area (Å²) >= 11 is 0. The summed E-state index contributed by atoms with van der Waals surface area (Å²) in [6.07, 6.45) is -4.40. The number of hydrogen-bond donors (Lipinski definition) is 0. The third-order valence-corrected chi connectivity index (χ3v) is 0.315. The first-order valence-electron chi connectivity index (χ1n) is 2.88. The quantitative estimate of drug-likeness (QED) is 0.611. The second-order valence-electron chi connectivity index (χ2n) is 1.93. The zero-order chi connectivity index (χ0) is 10.2. The Morgan fingerprint density at radius 3 is 1.83 bits per heavy atom. The molecule has 0 aliphatic heterocycles. The summed E-state index contributed by atoms with van der Waals surface area (Å²) in [4.78, 5) is 18.6. The molecule has 0 aliphatic rings. The van der Waals surface area contributed by atoms with Crippen molar-refractivity contribution in [3.8, 4) is 0 Å². The van der Waals surface area contributed by atoms with Gasteiger partial charge in [-0.15, -0.1) is 0 Å². The van der Waals surface area contributed by atoms with Gasteiger partial charge in [-0.25, -0.2) is 0 Å². The summed E-state index contributed by atoms with van der Waals surface area (Å²) < 4.78 is 36.3. The van der Waals surface area contributed by atoms with Crippen molar-refractivity contribution < 1.29 is 27.5 Å². The van der Waals surface area contributed by atoms with Crippen LogP contribution in [0.25, 0.3) is 0 Å². The number of ether oxygens (including phenoxy) is 1. The Kier molecular flexibility index (Phi) is 7.47. The molecule has 0 bridgehead atoms. The van der Waals surface area contributed by atoms with Crippen LogP contribution in [0.15, 0.2) is 0 Å². The largest absolute Gasteiger partial charge is 0.458 e. The highest BCUT2D eigenvalue weighted by molar-refractivity contribution is 5.72. The Morgan fingerprint density at radius 1 is 1.42 bits per heavy atom. The molecule has 0 fully saturated rings. The van der Waals surface area contributed by atoms with Gasteiger partial charge in [-0.1, -0.05) is 0 Å². The molecule has 0 amide bonds. The van der Waals surface area contributed by atoms with E-state index in [2.05, 4.69) is 4.74 Å². The Hall–Kier alpha value is -1.07. The van der Waals surface area contributed by atoms with Crippen LogP contribution in [0.2, 0.25) is 0 Å². The summed E-state index contributed by atoms with van der Waals surface area (Å²) in [5, 5.41) is 0. The average Bonchev–Trinajstić information content (AvgIpc) is 1.80. The van der Waals surface area contributed by atoms with E-state index in [0.29, 0.717) is 0 Å². The van der Waals surface area contributed by atoms with Crippen molar-refractivity contribution in [2.24, 2.45) is 0 Å². The molecule has 0 aromatic rings. The minimum absolute atomic E-state index is 0.167. The molecular formula is C6H9F3O3. The van der Waals surface area contributed by atoms with Crippen LogP contribution in [0.1, 0.15) is 13.8 Å².